The van der Waals surface area contributed by atoms with Gasteiger partial charge < -0.3 is 10.4 Å². The molecule has 0 spiro atoms. The van der Waals surface area contributed by atoms with E-state index in [1.165, 1.54) is 0 Å². The number of aliphatic hydroxyl groups excluding tert-OH is 1. The molecule has 3 nitrogen and oxygen atoms in total. The van der Waals surface area contributed by atoms with Gasteiger partial charge in [-0.25, -0.2) is 0 Å². The maximum Gasteiger partial charge on any atom is 0.224 e. The molecule has 2 rings (SSSR count). The summed E-state index contributed by atoms with van der Waals surface area (Å²) in [6.07, 6.45) is 0.338. The Bertz CT molecular complexity index is 564. The van der Waals surface area contributed by atoms with Crippen molar-refractivity contribution in [2.75, 3.05) is 5.32 Å². The number of anilines is 1. The van der Waals surface area contributed by atoms with E-state index in [1.807, 2.05) is 54.6 Å². The number of benzene rings is 2. The van der Waals surface area contributed by atoms with E-state index in [0.29, 0.717) is 12.8 Å². The Labute approximate surface area is 119 Å². The van der Waals surface area contributed by atoms with E-state index in [2.05, 4.69) is 5.32 Å². The molecule has 20 heavy (non-hydrogen) atoms. The second-order valence-corrected chi connectivity index (χ2v) is 4.85. The summed E-state index contributed by atoms with van der Waals surface area (Å²) >= 11 is 0. The van der Waals surface area contributed by atoms with Gasteiger partial charge in [-0.1, -0.05) is 48.5 Å². The number of hydrogen-bond donors (Lipinski definition) is 2. The third kappa shape index (κ3) is 3.93. The van der Waals surface area contributed by atoms with E-state index < -0.39 is 6.10 Å². The first kappa shape index (κ1) is 14.3. The van der Waals surface area contributed by atoms with Crippen molar-refractivity contribution < 1.29 is 9.90 Å². The van der Waals surface area contributed by atoms with Gasteiger partial charge in [-0.3, -0.25) is 4.79 Å². The van der Waals surface area contributed by atoms with Crippen LogP contribution in [0.4, 0.5) is 5.69 Å². The van der Waals surface area contributed by atoms with Gasteiger partial charge in [0.2, 0.25) is 5.91 Å². The average Bonchev–Trinajstić information content (AvgIpc) is 2.47. The maximum atomic E-state index is 11.9. The highest BCUT2D eigenvalue weighted by Crippen LogP contribution is 2.27. The summed E-state index contributed by atoms with van der Waals surface area (Å²) in [5.74, 6) is -0.0747. The zero-order valence-electron chi connectivity index (χ0n) is 11.5. The lowest BCUT2D eigenvalue weighted by molar-refractivity contribution is -0.116. The number of aliphatic hydroxyl groups is 1. The van der Waals surface area contributed by atoms with Crippen LogP contribution < -0.4 is 5.32 Å². The zero-order valence-corrected chi connectivity index (χ0v) is 11.5. The van der Waals surface area contributed by atoms with Crippen LogP contribution in [0.25, 0.3) is 11.1 Å². The van der Waals surface area contributed by atoms with Crippen molar-refractivity contribution in [2.45, 2.75) is 25.9 Å². The number of rotatable bonds is 5. The molecule has 0 saturated carbocycles. The lowest BCUT2D eigenvalue weighted by Crippen LogP contribution is -2.14. The third-order valence-electron chi connectivity index (χ3n) is 3.08. The molecule has 0 radical (unpaired) electrons. The molecule has 2 aromatic rings. The molecule has 0 aliphatic heterocycles. The van der Waals surface area contributed by atoms with E-state index in [1.54, 1.807) is 6.92 Å². The Morgan fingerprint density at radius 3 is 2.45 bits per heavy atom. The summed E-state index contributed by atoms with van der Waals surface area (Å²) in [5.41, 5.74) is 2.87. The highest BCUT2D eigenvalue weighted by Gasteiger charge is 2.08. The predicted octanol–water partition coefficient (Wildman–Crippen LogP) is 3.45. The SMILES string of the molecule is CC(O)CCC(=O)Nc1ccccc1-c1ccccc1. The topological polar surface area (TPSA) is 49.3 Å². The number of carbonyl (C=O) groups is 1. The van der Waals surface area contributed by atoms with E-state index in [4.69, 9.17) is 0 Å². The van der Waals surface area contributed by atoms with Crippen LogP contribution in [0.2, 0.25) is 0 Å². The first-order valence-corrected chi connectivity index (χ1v) is 6.79. The van der Waals surface area contributed by atoms with Crippen LogP contribution in [0.5, 0.6) is 0 Å². The van der Waals surface area contributed by atoms with Crippen molar-refractivity contribution in [2.24, 2.45) is 0 Å². The number of hydrogen-bond acceptors (Lipinski definition) is 2. The van der Waals surface area contributed by atoms with E-state index in [-0.39, 0.29) is 5.91 Å². The van der Waals surface area contributed by atoms with Gasteiger partial charge in [0.25, 0.3) is 0 Å². The third-order valence-corrected chi connectivity index (χ3v) is 3.08. The minimum atomic E-state index is -0.454. The minimum Gasteiger partial charge on any atom is -0.393 e. The van der Waals surface area contributed by atoms with Gasteiger partial charge in [0.1, 0.15) is 0 Å². The molecule has 0 aliphatic carbocycles. The second kappa shape index (κ2) is 6.87. The fourth-order valence-corrected chi connectivity index (χ4v) is 2.01. The molecule has 1 atom stereocenters. The fourth-order valence-electron chi connectivity index (χ4n) is 2.01. The van der Waals surface area contributed by atoms with Crippen LogP contribution in [0.1, 0.15) is 19.8 Å². The van der Waals surface area contributed by atoms with Gasteiger partial charge in [-0.05, 0) is 25.0 Å². The number of carbonyl (C=O) groups excluding carboxylic acids is 1. The van der Waals surface area contributed by atoms with Crippen molar-refractivity contribution in [3.05, 3.63) is 54.6 Å². The smallest absolute Gasteiger partial charge is 0.224 e. The Hall–Kier alpha value is -2.13. The highest BCUT2D eigenvalue weighted by molar-refractivity contribution is 5.95. The van der Waals surface area contributed by atoms with Crippen LogP contribution in [0.3, 0.4) is 0 Å². The summed E-state index contributed by atoms with van der Waals surface area (Å²) in [6, 6.07) is 17.7. The quantitative estimate of drug-likeness (QED) is 0.873. The first-order chi connectivity index (χ1) is 9.66. The van der Waals surface area contributed by atoms with Crippen LogP contribution in [-0.4, -0.2) is 17.1 Å². The summed E-state index contributed by atoms with van der Waals surface area (Å²) in [4.78, 5) is 11.9. The molecule has 0 heterocycles. The lowest BCUT2D eigenvalue weighted by Gasteiger charge is -2.11. The van der Waals surface area contributed by atoms with Crippen LogP contribution in [-0.2, 0) is 4.79 Å². The molecule has 1 unspecified atom stereocenters. The van der Waals surface area contributed by atoms with Crippen molar-refractivity contribution in [3.63, 3.8) is 0 Å². The number of nitrogens with one attached hydrogen (secondary N) is 1. The van der Waals surface area contributed by atoms with Gasteiger partial charge >= 0.3 is 0 Å². The number of para-hydroxylation sites is 1. The zero-order chi connectivity index (χ0) is 14.4. The molecule has 3 heteroatoms. The molecule has 104 valence electrons. The van der Waals surface area contributed by atoms with E-state index in [9.17, 15) is 9.90 Å². The molecule has 0 aliphatic rings. The average molecular weight is 269 g/mol. The van der Waals surface area contributed by atoms with Gasteiger partial charge in [-0.2, -0.15) is 0 Å². The highest BCUT2D eigenvalue weighted by atomic mass is 16.3. The van der Waals surface area contributed by atoms with E-state index >= 15 is 0 Å². The normalized spacial score (nSPS) is 11.9. The number of amides is 1. The van der Waals surface area contributed by atoms with Crippen LogP contribution in [0.15, 0.2) is 54.6 Å². The van der Waals surface area contributed by atoms with E-state index in [0.717, 1.165) is 16.8 Å². The summed E-state index contributed by atoms with van der Waals surface area (Å²) in [7, 11) is 0. The fraction of sp³-hybridized carbons (Fsp3) is 0.235. The van der Waals surface area contributed by atoms with Gasteiger partial charge in [-0.15, -0.1) is 0 Å². The van der Waals surface area contributed by atoms with Crippen LogP contribution in [0, 0.1) is 0 Å². The summed E-state index contributed by atoms with van der Waals surface area (Å²) in [6.45, 7) is 1.69. The molecule has 0 saturated heterocycles. The largest absolute Gasteiger partial charge is 0.393 e. The Morgan fingerprint density at radius 2 is 1.75 bits per heavy atom. The van der Waals surface area contributed by atoms with Gasteiger partial charge in [0.15, 0.2) is 0 Å². The molecular weight excluding hydrogens is 250 g/mol. The molecule has 0 bridgehead atoms. The lowest BCUT2D eigenvalue weighted by atomic mass is 10.0. The van der Waals surface area contributed by atoms with Gasteiger partial charge in [0, 0.05) is 17.7 Å². The maximum absolute atomic E-state index is 11.9. The van der Waals surface area contributed by atoms with Crippen molar-refractivity contribution in [3.8, 4) is 11.1 Å². The summed E-state index contributed by atoms with van der Waals surface area (Å²) < 4.78 is 0. The van der Waals surface area contributed by atoms with Crippen molar-refractivity contribution in [1.29, 1.82) is 0 Å². The van der Waals surface area contributed by atoms with Crippen molar-refractivity contribution in [1.82, 2.24) is 0 Å². The standard InChI is InChI=1S/C17H19NO2/c1-13(19)11-12-17(20)18-16-10-6-5-9-15(16)14-7-3-2-4-8-14/h2-10,13,19H,11-12H2,1H3,(H,18,20). The molecule has 0 fully saturated rings. The molecule has 2 N–H and O–H groups in total. The second-order valence-electron chi connectivity index (χ2n) is 4.85. The monoisotopic (exact) mass is 269 g/mol. The molecule has 0 aromatic heterocycles. The Morgan fingerprint density at radius 1 is 1.10 bits per heavy atom. The Balaban J connectivity index is 2.15. The predicted molar refractivity (Wildman–Crippen MR) is 81.4 cm³/mol. The summed E-state index contributed by atoms with van der Waals surface area (Å²) in [5, 5.41) is 12.1. The Kier molecular flexibility index (Phi) is 4.91. The molecular formula is C17H19NO2. The first-order valence-electron chi connectivity index (χ1n) is 6.79. The van der Waals surface area contributed by atoms with Crippen LogP contribution >= 0.6 is 0 Å². The van der Waals surface area contributed by atoms with Gasteiger partial charge in [0.05, 0.1) is 6.10 Å². The minimum absolute atomic E-state index is 0.0747. The molecule has 1 amide bonds. The molecule has 2 aromatic carbocycles. The van der Waals surface area contributed by atoms with Crippen molar-refractivity contribution >= 4 is 11.6 Å².